The monoisotopic (exact) mass is 467 g/mol. The SMILES string of the molecule is O=C(CCN1CCN(CC(=O)Nc2cccc(F)c2)CC1)Nc1ccc(N2CCCC2=O)cc1. The van der Waals surface area contributed by atoms with E-state index in [2.05, 4.69) is 20.4 Å². The molecule has 2 aliphatic heterocycles. The second kappa shape index (κ2) is 11.2. The number of rotatable bonds is 8. The van der Waals surface area contributed by atoms with Crippen LogP contribution in [0.1, 0.15) is 19.3 Å². The number of halogens is 1. The maximum absolute atomic E-state index is 13.2. The highest BCUT2D eigenvalue weighted by Crippen LogP contribution is 2.23. The van der Waals surface area contributed by atoms with Crippen LogP contribution in [0, 0.1) is 5.82 Å². The van der Waals surface area contributed by atoms with Gasteiger partial charge in [0.1, 0.15) is 5.82 Å². The lowest BCUT2D eigenvalue weighted by Gasteiger charge is -2.34. The van der Waals surface area contributed by atoms with Gasteiger partial charge in [0.15, 0.2) is 0 Å². The minimum Gasteiger partial charge on any atom is -0.326 e. The van der Waals surface area contributed by atoms with Crippen LogP contribution in [-0.4, -0.2) is 73.3 Å². The van der Waals surface area contributed by atoms with Crippen LogP contribution in [-0.2, 0) is 14.4 Å². The predicted octanol–water partition coefficient (Wildman–Crippen LogP) is 2.54. The molecule has 2 aromatic carbocycles. The second-order valence-corrected chi connectivity index (χ2v) is 8.67. The highest BCUT2D eigenvalue weighted by atomic mass is 19.1. The Morgan fingerprint density at radius 1 is 0.853 bits per heavy atom. The topological polar surface area (TPSA) is 85.0 Å². The van der Waals surface area contributed by atoms with Crippen LogP contribution >= 0.6 is 0 Å². The van der Waals surface area contributed by atoms with Gasteiger partial charge in [-0.1, -0.05) is 6.07 Å². The van der Waals surface area contributed by atoms with E-state index in [1.165, 1.54) is 12.1 Å². The van der Waals surface area contributed by atoms with Gasteiger partial charge in [-0.05, 0) is 48.9 Å². The Kier molecular flexibility index (Phi) is 7.87. The van der Waals surface area contributed by atoms with Gasteiger partial charge in [-0.15, -0.1) is 0 Å². The highest BCUT2D eigenvalue weighted by Gasteiger charge is 2.22. The summed E-state index contributed by atoms with van der Waals surface area (Å²) in [6.07, 6.45) is 1.86. The smallest absolute Gasteiger partial charge is 0.238 e. The number of benzene rings is 2. The number of amides is 3. The molecule has 2 aromatic rings. The minimum atomic E-state index is -0.383. The fourth-order valence-corrected chi connectivity index (χ4v) is 4.27. The molecule has 0 unspecified atom stereocenters. The minimum absolute atomic E-state index is 0.0538. The van der Waals surface area contributed by atoms with Crippen LogP contribution in [0.15, 0.2) is 48.5 Å². The Bertz CT molecular complexity index is 1020. The van der Waals surface area contributed by atoms with Gasteiger partial charge in [0.25, 0.3) is 0 Å². The number of carbonyl (C=O) groups is 3. The third-order valence-corrected chi connectivity index (χ3v) is 6.13. The zero-order chi connectivity index (χ0) is 23.9. The largest absolute Gasteiger partial charge is 0.326 e. The quantitative estimate of drug-likeness (QED) is 0.623. The van der Waals surface area contributed by atoms with Gasteiger partial charge < -0.3 is 20.4 Å². The summed E-state index contributed by atoms with van der Waals surface area (Å²) in [6, 6.07) is 13.2. The fraction of sp³-hybridized carbons (Fsp3) is 0.400. The number of anilines is 3. The average Bonchev–Trinajstić information content (AvgIpc) is 3.25. The molecule has 0 aliphatic carbocycles. The number of piperazine rings is 1. The summed E-state index contributed by atoms with van der Waals surface area (Å²) in [4.78, 5) is 42.5. The Morgan fingerprint density at radius 2 is 1.56 bits per heavy atom. The Labute approximate surface area is 198 Å². The number of carbonyl (C=O) groups excluding carboxylic acids is 3. The van der Waals surface area contributed by atoms with Gasteiger partial charge in [-0.25, -0.2) is 4.39 Å². The van der Waals surface area contributed by atoms with Gasteiger partial charge in [0, 0.05) is 69.2 Å². The van der Waals surface area contributed by atoms with E-state index in [0.29, 0.717) is 25.1 Å². The van der Waals surface area contributed by atoms with E-state index >= 15 is 0 Å². The second-order valence-electron chi connectivity index (χ2n) is 8.67. The van der Waals surface area contributed by atoms with E-state index in [1.807, 2.05) is 24.3 Å². The molecule has 4 rings (SSSR count). The van der Waals surface area contributed by atoms with Crippen molar-refractivity contribution in [2.24, 2.45) is 0 Å². The van der Waals surface area contributed by atoms with E-state index in [-0.39, 0.29) is 30.1 Å². The molecule has 0 aromatic heterocycles. The molecule has 2 heterocycles. The fourth-order valence-electron chi connectivity index (χ4n) is 4.27. The molecule has 0 spiro atoms. The van der Waals surface area contributed by atoms with Crippen LogP contribution in [0.4, 0.5) is 21.5 Å². The lowest BCUT2D eigenvalue weighted by molar-refractivity contribution is -0.118. The Balaban J connectivity index is 1.14. The molecule has 180 valence electrons. The summed E-state index contributed by atoms with van der Waals surface area (Å²) in [5.41, 5.74) is 2.03. The third kappa shape index (κ3) is 6.61. The predicted molar refractivity (Wildman–Crippen MR) is 129 cm³/mol. The van der Waals surface area contributed by atoms with Crippen molar-refractivity contribution in [2.75, 3.05) is 61.3 Å². The van der Waals surface area contributed by atoms with Crippen LogP contribution in [0.25, 0.3) is 0 Å². The molecule has 2 N–H and O–H groups in total. The standard InChI is InChI=1S/C25H30FN5O3/c26-19-3-1-4-21(17-19)28-24(33)18-30-15-13-29(14-16-30)12-10-23(32)27-20-6-8-22(9-7-20)31-11-2-5-25(31)34/h1,3-4,6-9,17H,2,5,10-16,18H2,(H,27,32)(H,28,33). The number of nitrogens with zero attached hydrogens (tertiary/aromatic N) is 3. The number of hydrogen-bond acceptors (Lipinski definition) is 5. The molecule has 3 amide bonds. The first kappa shape index (κ1) is 23.8. The lowest BCUT2D eigenvalue weighted by Crippen LogP contribution is -2.49. The zero-order valence-electron chi connectivity index (χ0n) is 19.1. The summed E-state index contributed by atoms with van der Waals surface area (Å²) < 4.78 is 13.2. The molecule has 34 heavy (non-hydrogen) atoms. The summed E-state index contributed by atoms with van der Waals surface area (Å²) in [7, 11) is 0. The summed E-state index contributed by atoms with van der Waals surface area (Å²) >= 11 is 0. The molecule has 9 heteroatoms. The molecule has 0 radical (unpaired) electrons. The van der Waals surface area contributed by atoms with Crippen molar-refractivity contribution >= 4 is 34.8 Å². The third-order valence-electron chi connectivity index (χ3n) is 6.13. The average molecular weight is 468 g/mol. The summed E-state index contributed by atoms with van der Waals surface area (Å²) in [5.74, 6) is -0.462. The molecule has 2 fully saturated rings. The van der Waals surface area contributed by atoms with Crippen molar-refractivity contribution in [3.05, 3.63) is 54.3 Å². The molecule has 2 saturated heterocycles. The van der Waals surface area contributed by atoms with Crippen LogP contribution in [0.5, 0.6) is 0 Å². The lowest BCUT2D eigenvalue weighted by atomic mass is 10.2. The molecule has 0 bridgehead atoms. The van der Waals surface area contributed by atoms with Crippen molar-refractivity contribution in [2.45, 2.75) is 19.3 Å². The first-order chi connectivity index (χ1) is 16.5. The van der Waals surface area contributed by atoms with Crippen molar-refractivity contribution in [3.63, 3.8) is 0 Å². The van der Waals surface area contributed by atoms with Gasteiger partial charge in [0.2, 0.25) is 17.7 Å². The van der Waals surface area contributed by atoms with Crippen LogP contribution in [0.3, 0.4) is 0 Å². The van der Waals surface area contributed by atoms with Gasteiger partial charge in [0.05, 0.1) is 6.54 Å². The summed E-state index contributed by atoms with van der Waals surface area (Å²) in [6.45, 7) is 4.66. The first-order valence-corrected chi connectivity index (χ1v) is 11.7. The summed E-state index contributed by atoms with van der Waals surface area (Å²) in [5, 5.41) is 5.63. The zero-order valence-corrected chi connectivity index (χ0v) is 19.1. The van der Waals surface area contributed by atoms with E-state index in [1.54, 1.807) is 17.0 Å². The van der Waals surface area contributed by atoms with E-state index in [4.69, 9.17) is 0 Å². The molecular weight excluding hydrogens is 437 g/mol. The van der Waals surface area contributed by atoms with E-state index < -0.39 is 0 Å². The van der Waals surface area contributed by atoms with Crippen molar-refractivity contribution in [3.8, 4) is 0 Å². The Morgan fingerprint density at radius 3 is 2.24 bits per heavy atom. The molecule has 8 nitrogen and oxygen atoms in total. The van der Waals surface area contributed by atoms with Crippen molar-refractivity contribution in [1.29, 1.82) is 0 Å². The van der Waals surface area contributed by atoms with E-state index in [9.17, 15) is 18.8 Å². The number of nitrogens with one attached hydrogen (secondary N) is 2. The highest BCUT2D eigenvalue weighted by molar-refractivity contribution is 5.96. The Hall–Kier alpha value is -3.30. The van der Waals surface area contributed by atoms with Crippen molar-refractivity contribution < 1.29 is 18.8 Å². The van der Waals surface area contributed by atoms with Gasteiger partial charge in [-0.3, -0.25) is 19.3 Å². The van der Waals surface area contributed by atoms with Crippen LogP contribution in [0.2, 0.25) is 0 Å². The van der Waals surface area contributed by atoms with Gasteiger partial charge in [-0.2, -0.15) is 0 Å². The molecule has 0 saturated carbocycles. The first-order valence-electron chi connectivity index (χ1n) is 11.7. The molecule has 2 aliphatic rings. The van der Waals surface area contributed by atoms with Gasteiger partial charge >= 0.3 is 0 Å². The normalized spacial score (nSPS) is 17.1. The maximum atomic E-state index is 13.2. The maximum Gasteiger partial charge on any atom is 0.238 e. The molecular formula is C25H30FN5O3. The number of hydrogen-bond donors (Lipinski definition) is 2. The molecule has 0 atom stereocenters. The van der Waals surface area contributed by atoms with Crippen molar-refractivity contribution in [1.82, 2.24) is 9.80 Å². The van der Waals surface area contributed by atoms with E-state index in [0.717, 1.165) is 50.5 Å². The van der Waals surface area contributed by atoms with Crippen LogP contribution < -0.4 is 15.5 Å².